The summed E-state index contributed by atoms with van der Waals surface area (Å²) in [6, 6.07) is 3.68. The first-order valence-corrected chi connectivity index (χ1v) is 9.71. The predicted octanol–water partition coefficient (Wildman–Crippen LogP) is 2.08. The van der Waals surface area contributed by atoms with Gasteiger partial charge in [-0.15, -0.1) is 24.0 Å². The van der Waals surface area contributed by atoms with Crippen LogP contribution in [0.25, 0.3) is 0 Å². The zero-order valence-corrected chi connectivity index (χ0v) is 19.6. The summed E-state index contributed by atoms with van der Waals surface area (Å²) in [6.45, 7) is 9.75. The Labute approximate surface area is 189 Å². The smallest absolute Gasteiger partial charge is 0.409 e. The first-order valence-electron chi connectivity index (χ1n) is 9.71. The minimum atomic E-state index is -0.273. The Morgan fingerprint density at radius 2 is 1.86 bits per heavy atom. The van der Waals surface area contributed by atoms with Gasteiger partial charge in [-0.25, -0.2) is 9.78 Å². The standard InChI is InChI=1S/C19H30N6O3.HI/c1-4-20-18(24-10-12-25(13-11-24)19(27)28-5-2)21-9-8-17(26)23-16-7-6-15(3)14-22-16;/h6-7,14H,4-5,8-13H2,1-3H3,(H,20,21)(H,22,23,26);1H. The molecule has 1 aliphatic rings. The van der Waals surface area contributed by atoms with Gasteiger partial charge in [0.2, 0.25) is 5.91 Å². The summed E-state index contributed by atoms with van der Waals surface area (Å²) in [5.41, 5.74) is 1.04. The van der Waals surface area contributed by atoms with E-state index in [-0.39, 0.29) is 42.4 Å². The minimum absolute atomic E-state index is 0. The van der Waals surface area contributed by atoms with Gasteiger partial charge in [-0.1, -0.05) is 6.07 Å². The van der Waals surface area contributed by atoms with E-state index in [9.17, 15) is 9.59 Å². The number of carbonyl (C=O) groups excluding carboxylic acids is 2. The van der Waals surface area contributed by atoms with Crippen LogP contribution in [0.3, 0.4) is 0 Å². The molecular weight excluding hydrogens is 487 g/mol. The van der Waals surface area contributed by atoms with Gasteiger partial charge in [0.1, 0.15) is 5.82 Å². The van der Waals surface area contributed by atoms with Crippen molar-refractivity contribution in [1.29, 1.82) is 0 Å². The lowest BCUT2D eigenvalue weighted by atomic mass is 10.3. The summed E-state index contributed by atoms with van der Waals surface area (Å²) < 4.78 is 5.04. The largest absolute Gasteiger partial charge is 0.450 e. The Bertz CT molecular complexity index is 675. The molecule has 162 valence electrons. The summed E-state index contributed by atoms with van der Waals surface area (Å²) in [6.07, 6.45) is 1.71. The third kappa shape index (κ3) is 8.42. The molecule has 1 saturated heterocycles. The molecule has 2 N–H and O–H groups in total. The fourth-order valence-corrected chi connectivity index (χ4v) is 2.75. The molecule has 0 radical (unpaired) electrons. The number of hydrogen-bond acceptors (Lipinski definition) is 5. The highest BCUT2D eigenvalue weighted by atomic mass is 127. The van der Waals surface area contributed by atoms with E-state index in [4.69, 9.17) is 4.74 Å². The number of aryl methyl sites for hydroxylation is 1. The molecule has 1 aromatic heterocycles. The SMILES string of the molecule is CCNC(=NCCC(=O)Nc1ccc(C)cn1)N1CCN(C(=O)OCC)CC1.I. The summed E-state index contributed by atoms with van der Waals surface area (Å²) in [7, 11) is 0. The fourth-order valence-electron chi connectivity index (χ4n) is 2.75. The Morgan fingerprint density at radius 1 is 1.17 bits per heavy atom. The van der Waals surface area contributed by atoms with Crippen molar-refractivity contribution >= 4 is 47.8 Å². The zero-order valence-electron chi connectivity index (χ0n) is 17.3. The molecule has 0 atom stereocenters. The number of piperazine rings is 1. The molecule has 0 aromatic carbocycles. The van der Waals surface area contributed by atoms with Crippen molar-refractivity contribution in [3.05, 3.63) is 23.9 Å². The fraction of sp³-hybridized carbons (Fsp3) is 0.579. The average Bonchev–Trinajstić information content (AvgIpc) is 2.69. The first-order chi connectivity index (χ1) is 13.5. The van der Waals surface area contributed by atoms with Gasteiger partial charge in [0.15, 0.2) is 5.96 Å². The molecule has 1 fully saturated rings. The van der Waals surface area contributed by atoms with Crippen molar-refractivity contribution < 1.29 is 14.3 Å². The van der Waals surface area contributed by atoms with Crippen molar-refractivity contribution in [2.75, 3.05) is 51.2 Å². The quantitative estimate of drug-likeness (QED) is 0.340. The molecule has 2 heterocycles. The maximum Gasteiger partial charge on any atom is 0.409 e. The van der Waals surface area contributed by atoms with Crippen LogP contribution in [0.2, 0.25) is 0 Å². The van der Waals surface area contributed by atoms with Crippen LogP contribution in [0.5, 0.6) is 0 Å². The third-order valence-electron chi connectivity index (χ3n) is 4.22. The monoisotopic (exact) mass is 518 g/mol. The number of aliphatic imine (C=N–C) groups is 1. The molecule has 10 heteroatoms. The topological polar surface area (TPSA) is 99.2 Å². The second kappa shape index (κ2) is 13.2. The predicted molar refractivity (Wildman–Crippen MR) is 124 cm³/mol. The Morgan fingerprint density at radius 3 is 2.45 bits per heavy atom. The summed E-state index contributed by atoms with van der Waals surface area (Å²) in [4.78, 5) is 36.4. The van der Waals surface area contributed by atoms with E-state index in [2.05, 4.69) is 25.5 Å². The summed E-state index contributed by atoms with van der Waals surface area (Å²) in [5.74, 6) is 1.18. The lowest BCUT2D eigenvalue weighted by Gasteiger charge is -2.35. The third-order valence-corrected chi connectivity index (χ3v) is 4.22. The van der Waals surface area contributed by atoms with E-state index in [0.29, 0.717) is 45.1 Å². The van der Waals surface area contributed by atoms with Gasteiger partial charge in [-0.2, -0.15) is 0 Å². The average molecular weight is 518 g/mol. The van der Waals surface area contributed by atoms with Crippen LogP contribution < -0.4 is 10.6 Å². The Kier molecular flexibility index (Phi) is 11.3. The van der Waals surface area contributed by atoms with E-state index >= 15 is 0 Å². The number of aromatic nitrogens is 1. The molecule has 2 rings (SSSR count). The molecule has 0 bridgehead atoms. The highest BCUT2D eigenvalue weighted by Gasteiger charge is 2.23. The summed E-state index contributed by atoms with van der Waals surface area (Å²) in [5, 5.41) is 6.02. The van der Waals surface area contributed by atoms with Crippen LogP contribution in [0.4, 0.5) is 10.6 Å². The zero-order chi connectivity index (χ0) is 20.4. The molecule has 9 nitrogen and oxygen atoms in total. The highest BCUT2D eigenvalue weighted by Crippen LogP contribution is 2.06. The number of ether oxygens (including phenoxy) is 1. The van der Waals surface area contributed by atoms with E-state index < -0.39 is 0 Å². The molecule has 0 saturated carbocycles. The van der Waals surface area contributed by atoms with E-state index in [0.717, 1.165) is 18.1 Å². The van der Waals surface area contributed by atoms with Crippen LogP contribution in [0.1, 0.15) is 25.8 Å². The molecule has 2 amide bonds. The van der Waals surface area contributed by atoms with E-state index in [1.807, 2.05) is 19.9 Å². The van der Waals surface area contributed by atoms with Gasteiger partial charge in [-0.05, 0) is 32.4 Å². The molecule has 1 aliphatic heterocycles. The van der Waals surface area contributed by atoms with E-state index in [1.54, 1.807) is 24.1 Å². The number of pyridine rings is 1. The van der Waals surface area contributed by atoms with Crippen molar-refractivity contribution in [1.82, 2.24) is 20.1 Å². The number of amides is 2. The van der Waals surface area contributed by atoms with Crippen molar-refractivity contribution in [3.8, 4) is 0 Å². The number of hydrogen-bond donors (Lipinski definition) is 2. The number of rotatable bonds is 6. The van der Waals surface area contributed by atoms with Crippen molar-refractivity contribution in [2.45, 2.75) is 27.2 Å². The maximum atomic E-state index is 12.1. The van der Waals surface area contributed by atoms with Crippen molar-refractivity contribution in [3.63, 3.8) is 0 Å². The van der Waals surface area contributed by atoms with Gasteiger partial charge >= 0.3 is 6.09 Å². The van der Waals surface area contributed by atoms with Crippen molar-refractivity contribution in [2.24, 2.45) is 4.99 Å². The second-order valence-electron chi connectivity index (χ2n) is 6.43. The van der Waals surface area contributed by atoms with Gasteiger partial charge in [0, 0.05) is 45.3 Å². The van der Waals surface area contributed by atoms with Gasteiger partial charge in [-0.3, -0.25) is 9.79 Å². The maximum absolute atomic E-state index is 12.1. The molecule has 29 heavy (non-hydrogen) atoms. The minimum Gasteiger partial charge on any atom is -0.450 e. The number of nitrogens with one attached hydrogen (secondary N) is 2. The molecule has 0 spiro atoms. The molecule has 0 aliphatic carbocycles. The number of guanidine groups is 1. The number of halogens is 1. The second-order valence-corrected chi connectivity index (χ2v) is 6.43. The van der Waals surface area contributed by atoms with Crippen LogP contribution >= 0.6 is 24.0 Å². The Balaban J connectivity index is 0.00000420. The molecular formula is C19H31IN6O3. The molecule has 1 aromatic rings. The normalized spacial score (nSPS) is 14.1. The van der Waals surface area contributed by atoms with Crippen LogP contribution in [0, 0.1) is 6.92 Å². The number of nitrogens with zero attached hydrogens (tertiary/aromatic N) is 4. The lowest BCUT2D eigenvalue weighted by molar-refractivity contribution is -0.116. The van der Waals surface area contributed by atoms with Gasteiger partial charge in [0.25, 0.3) is 0 Å². The van der Waals surface area contributed by atoms with Crippen LogP contribution in [0.15, 0.2) is 23.3 Å². The lowest BCUT2D eigenvalue weighted by Crippen LogP contribution is -2.54. The van der Waals surface area contributed by atoms with Gasteiger partial charge in [0.05, 0.1) is 13.2 Å². The molecule has 0 unspecified atom stereocenters. The first kappa shape index (κ1) is 24.9. The van der Waals surface area contributed by atoms with Crippen LogP contribution in [-0.4, -0.2) is 78.6 Å². The van der Waals surface area contributed by atoms with E-state index in [1.165, 1.54) is 0 Å². The van der Waals surface area contributed by atoms with Crippen LogP contribution in [-0.2, 0) is 9.53 Å². The van der Waals surface area contributed by atoms with Gasteiger partial charge < -0.3 is 25.2 Å². The number of carbonyl (C=O) groups is 2. The highest BCUT2D eigenvalue weighted by molar-refractivity contribution is 14.0. The number of anilines is 1. The summed E-state index contributed by atoms with van der Waals surface area (Å²) >= 11 is 0. The Hall–Kier alpha value is -2.11.